The van der Waals surface area contributed by atoms with E-state index < -0.39 is 4.92 Å². The molecule has 1 N–H and O–H groups in total. The van der Waals surface area contributed by atoms with E-state index in [-0.39, 0.29) is 11.6 Å². The molecule has 6 nitrogen and oxygen atoms in total. The number of fused-ring (bicyclic) bond motifs is 1. The van der Waals surface area contributed by atoms with Crippen molar-refractivity contribution in [3.8, 4) is 0 Å². The zero-order valence-electron chi connectivity index (χ0n) is 12.0. The van der Waals surface area contributed by atoms with Gasteiger partial charge < -0.3 is 0 Å². The van der Waals surface area contributed by atoms with E-state index in [1.807, 2.05) is 0 Å². The number of aryl methyl sites for hydroxylation is 1. The molecular formula is C15H15N3O3S. The largest absolute Gasteiger partial charge is 0.298 e. The summed E-state index contributed by atoms with van der Waals surface area (Å²) in [5, 5.41) is 14.0. The Kier molecular flexibility index (Phi) is 3.89. The number of amides is 1. The van der Waals surface area contributed by atoms with Gasteiger partial charge in [-0.2, -0.15) is 0 Å². The van der Waals surface area contributed by atoms with Crippen LogP contribution >= 0.6 is 11.3 Å². The first kappa shape index (κ1) is 14.6. The summed E-state index contributed by atoms with van der Waals surface area (Å²) in [5.74, 6) is 0.361. The van der Waals surface area contributed by atoms with Gasteiger partial charge in [-0.25, -0.2) is 4.98 Å². The van der Waals surface area contributed by atoms with E-state index in [4.69, 9.17) is 0 Å². The van der Waals surface area contributed by atoms with Crippen molar-refractivity contribution in [3.63, 3.8) is 0 Å². The van der Waals surface area contributed by atoms with E-state index in [2.05, 4.69) is 17.2 Å². The Morgan fingerprint density at radius 3 is 2.82 bits per heavy atom. The highest BCUT2D eigenvalue weighted by atomic mass is 32.1. The van der Waals surface area contributed by atoms with Crippen LogP contribution in [0.2, 0.25) is 0 Å². The minimum Gasteiger partial charge on any atom is -0.298 e. The van der Waals surface area contributed by atoms with Gasteiger partial charge in [-0.15, -0.1) is 11.3 Å². The summed E-state index contributed by atoms with van der Waals surface area (Å²) in [4.78, 5) is 28.0. The molecule has 0 saturated heterocycles. The number of hydrogen-bond donors (Lipinski definition) is 1. The summed E-state index contributed by atoms with van der Waals surface area (Å²) in [6.07, 6.45) is 3.10. The highest BCUT2D eigenvalue weighted by molar-refractivity contribution is 7.15. The zero-order chi connectivity index (χ0) is 15.7. The lowest BCUT2D eigenvalue weighted by atomic mass is 9.93. The van der Waals surface area contributed by atoms with E-state index in [1.54, 1.807) is 0 Å². The molecule has 1 heterocycles. The third-order valence-corrected chi connectivity index (χ3v) is 4.78. The van der Waals surface area contributed by atoms with Gasteiger partial charge in [0.25, 0.3) is 11.6 Å². The lowest BCUT2D eigenvalue weighted by Crippen LogP contribution is -2.12. The third-order valence-electron chi connectivity index (χ3n) is 3.75. The fourth-order valence-corrected chi connectivity index (χ4v) is 3.66. The van der Waals surface area contributed by atoms with Crippen molar-refractivity contribution in [3.05, 3.63) is 50.5 Å². The SMILES string of the molecule is CC1CCc2nc(NC(=O)c3ccc([N+](=O)[O-])cc3)sc2C1. The molecular weight excluding hydrogens is 302 g/mol. The van der Waals surface area contributed by atoms with Crippen LogP contribution in [0.5, 0.6) is 0 Å². The summed E-state index contributed by atoms with van der Waals surface area (Å²) in [7, 11) is 0. The quantitative estimate of drug-likeness (QED) is 0.694. The minimum absolute atomic E-state index is 0.0322. The molecule has 0 radical (unpaired) electrons. The second kappa shape index (κ2) is 5.84. The van der Waals surface area contributed by atoms with Gasteiger partial charge in [0.05, 0.1) is 10.6 Å². The summed E-state index contributed by atoms with van der Waals surface area (Å²) < 4.78 is 0. The molecule has 1 aromatic carbocycles. The van der Waals surface area contributed by atoms with Crippen LogP contribution in [0.1, 0.15) is 34.3 Å². The van der Waals surface area contributed by atoms with Crippen LogP contribution in [0, 0.1) is 16.0 Å². The zero-order valence-corrected chi connectivity index (χ0v) is 12.9. The van der Waals surface area contributed by atoms with E-state index in [9.17, 15) is 14.9 Å². The van der Waals surface area contributed by atoms with Crippen LogP contribution < -0.4 is 5.32 Å². The van der Waals surface area contributed by atoms with Crippen molar-refractivity contribution in [2.75, 3.05) is 5.32 Å². The number of nitro benzene ring substituents is 1. The van der Waals surface area contributed by atoms with Gasteiger partial charge in [0.1, 0.15) is 0 Å². The second-order valence-corrected chi connectivity index (χ2v) is 6.58. The first-order valence-corrected chi connectivity index (χ1v) is 7.89. The van der Waals surface area contributed by atoms with Crippen molar-refractivity contribution in [1.29, 1.82) is 0 Å². The van der Waals surface area contributed by atoms with Crippen molar-refractivity contribution in [2.24, 2.45) is 5.92 Å². The maximum atomic E-state index is 12.2. The number of carbonyl (C=O) groups excluding carboxylic acids is 1. The molecule has 7 heteroatoms. The Bertz CT molecular complexity index is 724. The molecule has 0 bridgehead atoms. The number of anilines is 1. The Labute approximate surface area is 131 Å². The third kappa shape index (κ3) is 2.99. The maximum absolute atomic E-state index is 12.2. The van der Waals surface area contributed by atoms with Crippen LogP contribution in [0.3, 0.4) is 0 Å². The monoisotopic (exact) mass is 317 g/mol. The number of nitrogens with zero attached hydrogens (tertiary/aromatic N) is 2. The lowest BCUT2D eigenvalue weighted by Gasteiger charge is -2.15. The van der Waals surface area contributed by atoms with Gasteiger partial charge in [-0.1, -0.05) is 6.92 Å². The van der Waals surface area contributed by atoms with E-state index in [0.29, 0.717) is 16.6 Å². The van der Waals surface area contributed by atoms with E-state index in [0.717, 1.165) is 25.0 Å². The van der Waals surface area contributed by atoms with Crippen LogP contribution in [-0.4, -0.2) is 15.8 Å². The van der Waals surface area contributed by atoms with Crippen LogP contribution in [0.4, 0.5) is 10.8 Å². The van der Waals surface area contributed by atoms with Crippen LogP contribution in [0.15, 0.2) is 24.3 Å². The highest BCUT2D eigenvalue weighted by Gasteiger charge is 2.20. The normalized spacial score (nSPS) is 16.9. The number of nitrogens with one attached hydrogen (secondary N) is 1. The Hall–Kier alpha value is -2.28. The number of thiazole rings is 1. The molecule has 1 atom stereocenters. The molecule has 2 aromatic rings. The lowest BCUT2D eigenvalue weighted by molar-refractivity contribution is -0.384. The molecule has 1 aliphatic rings. The first-order valence-electron chi connectivity index (χ1n) is 7.07. The second-order valence-electron chi connectivity index (χ2n) is 5.49. The van der Waals surface area contributed by atoms with Crippen molar-refractivity contribution in [1.82, 2.24) is 4.98 Å². The fourth-order valence-electron chi connectivity index (χ4n) is 2.50. The van der Waals surface area contributed by atoms with Crippen molar-refractivity contribution in [2.45, 2.75) is 26.2 Å². The Morgan fingerprint density at radius 2 is 2.14 bits per heavy atom. The number of aromatic nitrogens is 1. The summed E-state index contributed by atoms with van der Waals surface area (Å²) in [5.41, 5.74) is 1.43. The fraction of sp³-hybridized carbons (Fsp3) is 0.333. The molecule has 0 saturated carbocycles. The van der Waals surface area contributed by atoms with Gasteiger partial charge in [0.2, 0.25) is 0 Å². The number of benzene rings is 1. The Morgan fingerprint density at radius 1 is 1.41 bits per heavy atom. The van der Waals surface area contributed by atoms with Gasteiger partial charge in [0.15, 0.2) is 5.13 Å². The summed E-state index contributed by atoms with van der Waals surface area (Å²) >= 11 is 1.52. The van der Waals surface area contributed by atoms with Crippen LogP contribution in [-0.2, 0) is 12.8 Å². The molecule has 114 valence electrons. The smallest absolute Gasteiger partial charge is 0.269 e. The molecule has 0 fully saturated rings. The maximum Gasteiger partial charge on any atom is 0.269 e. The number of nitro groups is 1. The molecule has 1 aliphatic carbocycles. The van der Waals surface area contributed by atoms with Gasteiger partial charge >= 0.3 is 0 Å². The van der Waals surface area contributed by atoms with E-state index >= 15 is 0 Å². The average Bonchev–Trinajstić information content (AvgIpc) is 2.88. The van der Waals surface area contributed by atoms with Crippen molar-refractivity contribution >= 4 is 28.1 Å². The molecule has 1 aromatic heterocycles. The van der Waals surface area contributed by atoms with E-state index in [1.165, 1.54) is 40.5 Å². The predicted octanol–water partition coefficient (Wildman–Crippen LogP) is 3.43. The highest BCUT2D eigenvalue weighted by Crippen LogP contribution is 2.32. The van der Waals surface area contributed by atoms with Gasteiger partial charge in [-0.3, -0.25) is 20.2 Å². The van der Waals surface area contributed by atoms with Crippen molar-refractivity contribution < 1.29 is 9.72 Å². The average molecular weight is 317 g/mol. The molecule has 3 rings (SSSR count). The first-order chi connectivity index (χ1) is 10.5. The standard InChI is InChI=1S/C15H15N3O3S/c1-9-2-7-12-13(8-9)22-15(16-12)17-14(19)10-3-5-11(6-4-10)18(20)21/h3-6,9H,2,7-8H2,1H3,(H,16,17,19). The molecule has 0 spiro atoms. The minimum atomic E-state index is -0.488. The number of carbonyl (C=O) groups is 1. The molecule has 0 aliphatic heterocycles. The summed E-state index contributed by atoms with van der Waals surface area (Å²) in [6.45, 7) is 2.22. The number of hydrogen-bond acceptors (Lipinski definition) is 5. The molecule has 22 heavy (non-hydrogen) atoms. The summed E-state index contributed by atoms with van der Waals surface area (Å²) in [6, 6.07) is 5.54. The molecule has 1 unspecified atom stereocenters. The van der Waals surface area contributed by atoms with Gasteiger partial charge in [-0.05, 0) is 37.3 Å². The predicted molar refractivity (Wildman–Crippen MR) is 84.4 cm³/mol. The number of non-ortho nitro benzene ring substituents is 1. The van der Waals surface area contributed by atoms with Crippen LogP contribution in [0.25, 0.3) is 0 Å². The van der Waals surface area contributed by atoms with Gasteiger partial charge in [0, 0.05) is 22.6 Å². The number of rotatable bonds is 3. The molecule has 1 amide bonds. The Balaban J connectivity index is 1.73. The topological polar surface area (TPSA) is 85.1 Å².